The minimum Gasteiger partial charge on any atom is -0.443 e. The minimum atomic E-state index is -0.391. The Balaban J connectivity index is 1.23. The molecular formula is C26H37N3O3. The van der Waals surface area contributed by atoms with Gasteiger partial charge in [0.2, 0.25) is 5.91 Å². The van der Waals surface area contributed by atoms with Crippen LogP contribution in [0.5, 0.6) is 0 Å². The maximum absolute atomic E-state index is 13.0. The lowest BCUT2D eigenvalue weighted by Gasteiger charge is -2.61. The Morgan fingerprint density at radius 1 is 1.09 bits per heavy atom. The van der Waals surface area contributed by atoms with Crippen molar-refractivity contribution in [1.82, 2.24) is 15.5 Å². The number of alkyl carbamates (subject to hydrolysis) is 1. The summed E-state index contributed by atoms with van der Waals surface area (Å²) in [4.78, 5) is 27.7. The van der Waals surface area contributed by atoms with Gasteiger partial charge in [0.25, 0.3) is 0 Å². The molecule has 0 saturated heterocycles. The first-order chi connectivity index (χ1) is 15.2. The van der Waals surface area contributed by atoms with Crippen molar-refractivity contribution in [2.75, 3.05) is 6.54 Å². The van der Waals surface area contributed by atoms with Crippen LogP contribution in [0, 0.1) is 11.8 Å². The van der Waals surface area contributed by atoms with Crippen molar-refractivity contribution in [3.8, 4) is 0 Å². The highest BCUT2D eigenvalue weighted by atomic mass is 16.6. The molecule has 4 aliphatic carbocycles. The third-order valence-corrected chi connectivity index (χ3v) is 8.45. The smallest absolute Gasteiger partial charge is 0.408 e. The molecule has 5 aliphatic rings. The van der Waals surface area contributed by atoms with Crippen molar-refractivity contribution in [2.45, 2.75) is 95.5 Å². The lowest BCUT2D eigenvalue weighted by Crippen LogP contribution is -2.66. The largest absolute Gasteiger partial charge is 0.443 e. The zero-order chi connectivity index (χ0) is 22.6. The summed E-state index contributed by atoms with van der Waals surface area (Å²) in [6, 6.07) is 8.30. The number of carbonyl (C=O) groups excluding carboxylic acids is 2. The summed E-state index contributed by atoms with van der Waals surface area (Å²) in [7, 11) is 0. The van der Waals surface area contributed by atoms with Gasteiger partial charge in [0.05, 0.1) is 6.54 Å². The molecule has 6 nitrogen and oxygen atoms in total. The Hall–Kier alpha value is -2.08. The first kappa shape index (κ1) is 21.7. The van der Waals surface area contributed by atoms with Gasteiger partial charge in [-0.1, -0.05) is 31.2 Å². The van der Waals surface area contributed by atoms with Crippen LogP contribution in [0.1, 0.15) is 76.8 Å². The topological polar surface area (TPSA) is 70.7 Å². The van der Waals surface area contributed by atoms with Gasteiger partial charge in [-0.3, -0.25) is 4.79 Å². The van der Waals surface area contributed by atoms with Crippen LogP contribution in [0.25, 0.3) is 0 Å². The number of carbonyl (C=O) groups is 2. The molecule has 1 aromatic rings. The predicted octanol–water partition coefficient (Wildman–Crippen LogP) is 4.12. The Morgan fingerprint density at radius 3 is 2.31 bits per heavy atom. The minimum absolute atomic E-state index is 0.0904. The molecule has 0 spiro atoms. The van der Waals surface area contributed by atoms with E-state index in [1.807, 2.05) is 30.9 Å². The molecule has 1 aliphatic heterocycles. The number of amides is 2. The van der Waals surface area contributed by atoms with E-state index in [0.717, 1.165) is 38.5 Å². The summed E-state index contributed by atoms with van der Waals surface area (Å²) < 4.78 is 6.18. The van der Waals surface area contributed by atoms with Gasteiger partial charge in [0, 0.05) is 30.6 Å². The fourth-order valence-corrected chi connectivity index (χ4v) is 6.98. The Labute approximate surface area is 191 Å². The number of ether oxygens (including phenoxy) is 1. The molecule has 0 aromatic heterocycles. The summed E-state index contributed by atoms with van der Waals surface area (Å²) in [6.07, 6.45) is 6.71. The van der Waals surface area contributed by atoms with Crippen molar-refractivity contribution in [3.63, 3.8) is 0 Å². The molecule has 2 unspecified atom stereocenters. The van der Waals surface area contributed by atoms with E-state index in [-0.39, 0.29) is 23.1 Å². The van der Waals surface area contributed by atoms with Crippen molar-refractivity contribution in [1.29, 1.82) is 0 Å². The average molecular weight is 440 g/mol. The summed E-state index contributed by atoms with van der Waals surface area (Å²) >= 11 is 0. The summed E-state index contributed by atoms with van der Waals surface area (Å²) in [5.74, 6) is 1.30. The summed E-state index contributed by atoms with van der Waals surface area (Å²) in [6.45, 7) is 7.89. The van der Waals surface area contributed by atoms with Gasteiger partial charge in [0.1, 0.15) is 5.60 Å². The molecule has 4 bridgehead atoms. The molecule has 2 amide bonds. The molecule has 6 rings (SSSR count). The molecule has 4 fully saturated rings. The molecule has 0 radical (unpaired) electrons. The predicted molar refractivity (Wildman–Crippen MR) is 123 cm³/mol. The monoisotopic (exact) mass is 439 g/mol. The van der Waals surface area contributed by atoms with Gasteiger partial charge in [-0.25, -0.2) is 4.79 Å². The van der Waals surface area contributed by atoms with Gasteiger partial charge in [-0.05, 0) is 75.3 Å². The van der Waals surface area contributed by atoms with E-state index < -0.39 is 5.60 Å². The van der Waals surface area contributed by atoms with Crippen LogP contribution in [-0.4, -0.2) is 40.1 Å². The van der Waals surface area contributed by atoms with Crippen LogP contribution < -0.4 is 10.6 Å². The second kappa shape index (κ2) is 7.75. The Morgan fingerprint density at radius 2 is 1.72 bits per heavy atom. The quantitative estimate of drug-likeness (QED) is 0.699. The van der Waals surface area contributed by atoms with Gasteiger partial charge in [-0.2, -0.15) is 0 Å². The Kier molecular flexibility index (Phi) is 5.27. The number of rotatable bonds is 6. The maximum Gasteiger partial charge on any atom is 0.408 e. The lowest BCUT2D eigenvalue weighted by atomic mass is 9.51. The van der Waals surface area contributed by atoms with Crippen LogP contribution >= 0.6 is 0 Å². The number of hydrogen-bond acceptors (Lipinski definition) is 4. The first-order valence-corrected chi connectivity index (χ1v) is 12.3. The van der Waals surface area contributed by atoms with Crippen LogP contribution in [0.3, 0.4) is 0 Å². The second-order valence-electron chi connectivity index (χ2n) is 11.5. The van der Waals surface area contributed by atoms with Crippen LogP contribution in [0.15, 0.2) is 24.3 Å². The van der Waals surface area contributed by atoms with E-state index in [2.05, 4.69) is 29.7 Å². The fourth-order valence-electron chi connectivity index (χ4n) is 6.98. The van der Waals surface area contributed by atoms with E-state index in [1.54, 1.807) is 0 Å². The first-order valence-electron chi connectivity index (χ1n) is 12.3. The number of nitrogens with zero attached hydrogens (tertiary/aromatic N) is 1. The van der Waals surface area contributed by atoms with Crippen molar-refractivity contribution >= 4 is 12.0 Å². The van der Waals surface area contributed by atoms with Crippen LogP contribution in [-0.2, 0) is 22.6 Å². The van der Waals surface area contributed by atoms with E-state index >= 15 is 0 Å². The van der Waals surface area contributed by atoms with Crippen molar-refractivity contribution in [3.05, 3.63) is 35.4 Å². The van der Waals surface area contributed by atoms with E-state index in [9.17, 15) is 9.59 Å². The average Bonchev–Trinajstić information content (AvgIpc) is 3.14. The zero-order valence-corrected chi connectivity index (χ0v) is 19.7. The summed E-state index contributed by atoms with van der Waals surface area (Å²) in [5.41, 5.74) is 1.76. The van der Waals surface area contributed by atoms with E-state index in [4.69, 9.17) is 4.74 Å². The molecule has 2 N–H and O–H groups in total. The molecule has 1 aromatic carbocycles. The molecule has 6 heteroatoms. The lowest BCUT2D eigenvalue weighted by molar-refractivity contribution is -0.149. The number of benzene rings is 1. The molecular weight excluding hydrogens is 402 g/mol. The fraction of sp³-hybridized carbons (Fsp3) is 0.692. The Bertz CT molecular complexity index is 872. The van der Waals surface area contributed by atoms with E-state index in [0.29, 0.717) is 31.5 Å². The highest BCUT2D eigenvalue weighted by Crippen LogP contribution is 2.58. The SMILES string of the molecule is CCC(C)(C)NC(=O)OC12CC3CC(CC(NCC(=O)N4Cc5ccccc5C4)(C3)C1)C2. The maximum atomic E-state index is 13.0. The number of nitrogens with one attached hydrogen (secondary N) is 2. The molecule has 174 valence electrons. The van der Waals surface area contributed by atoms with Crippen LogP contribution in [0.4, 0.5) is 4.79 Å². The van der Waals surface area contributed by atoms with Crippen molar-refractivity contribution < 1.29 is 14.3 Å². The molecule has 32 heavy (non-hydrogen) atoms. The zero-order valence-electron chi connectivity index (χ0n) is 19.7. The third kappa shape index (κ3) is 4.14. The van der Waals surface area contributed by atoms with Crippen LogP contribution in [0.2, 0.25) is 0 Å². The molecule has 1 heterocycles. The standard InChI is InChI=1S/C26H37N3O3/c1-4-24(2,3)28-23(31)32-26-12-18-9-19(13-26)11-25(10-18,17-26)27-14-22(30)29-15-20-7-5-6-8-21(20)16-29/h5-8,18-19,27H,4,9-17H2,1-3H3,(H,28,31). The normalized spacial score (nSPS) is 32.7. The van der Waals surface area contributed by atoms with Gasteiger partial charge in [0.15, 0.2) is 0 Å². The highest BCUT2D eigenvalue weighted by molar-refractivity contribution is 5.79. The number of hydrogen-bond donors (Lipinski definition) is 2. The van der Waals surface area contributed by atoms with Gasteiger partial charge in [-0.15, -0.1) is 0 Å². The number of fused-ring (bicyclic) bond motifs is 1. The van der Waals surface area contributed by atoms with Gasteiger partial charge < -0.3 is 20.3 Å². The highest BCUT2D eigenvalue weighted by Gasteiger charge is 2.59. The van der Waals surface area contributed by atoms with Gasteiger partial charge >= 0.3 is 6.09 Å². The summed E-state index contributed by atoms with van der Waals surface area (Å²) in [5, 5.41) is 6.73. The van der Waals surface area contributed by atoms with Crippen molar-refractivity contribution in [2.24, 2.45) is 11.8 Å². The molecule has 2 atom stereocenters. The molecule has 4 saturated carbocycles. The second-order valence-corrected chi connectivity index (χ2v) is 11.5. The third-order valence-electron chi connectivity index (χ3n) is 8.45. The van der Waals surface area contributed by atoms with E-state index in [1.165, 1.54) is 17.5 Å².